The quantitative estimate of drug-likeness (QED) is 0.813. The van der Waals surface area contributed by atoms with Crippen molar-refractivity contribution in [3.05, 3.63) is 59.1 Å². The monoisotopic (exact) mass is 380 g/mol. The third kappa shape index (κ3) is 5.92. The molecule has 1 heterocycles. The number of rotatable bonds is 5. The summed E-state index contributed by atoms with van der Waals surface area (Å²) in [7, 11) is 0. The van der Waals surface area contributed by atoms with Crippen LogP contribution in [0.5, 0.6) is 11.5 Å². The summed E-state index contributed by atoms with van der Waals surface area (Å²) in [6.45, 7) is 2.78. The van der Waals surface area contributed by atoms with E-state index >= 15 is 0 Å². The number of benzene rings is 2. The topological polar surface area (TPSA) is 50.4 Å². The van der Waals surface area contributed by atoms with Gasteiger partial charge in [-0.3, -0.25) is 4.79 Å². The molecule has 0 aromatic heterocycles. The van der Waals surface area contributed by atoms with Crippen molar-refractivity contribution in [3.8, 4) is 11.5 Å². The van der Waals surface area contributed by atoms with Crippen LogP contribution in [0.2, 0.25) is 5.02 Å². The van der Waals surface area contributed by atoms with Crippen LogP contribution in [0.3, 0.4) is 0 Å². The minimum atomic E-state index is -0.0464. The van der Waals surface area contributed by atoms with Crippen LogP contribution < -0.4 is 15.4 Å². The van der Waals surface area contributed by atoms with Gasteiger partial charge >= 0.3 is 0 Å². The Balaban J connectivity index is 0.00000225. The highest BCUT2D eigenvalue weighted by atomic mass is 35.5. The number of carbonyl (C=O) groups is 1. The highest BCUT2D eigenvalue weighted by Crippen LogP contribution is 2.24. The zero-order chi connectivity index (χ0) is 16.8. The first kappa shape index (κ1) is 19.6. The van der Waals surface area contributed by atoms with Crippen molar-refractivity contribution in [1.29, 1.82) is 0 Å². The normalized spacial score (nSPS) is 16.6. The Morgan fingerprint density at radius 2 is 2.00 bits per heavy atom. The van der Waals surface area contributed by atoms with Gasteiger partial charge in [0.25, 0.3) is 5.91 Å². The van der Waals surface area contributed by atoms with Crippen molar-refractivity contribution >= 4 is 29.9 Å². The number of carbonyl (C=O) groups excluding carboxylic acids is 1. The molecule has 6 heteroatoms. The molecule has 1 unspecified atom stereocenters. The largest absolute Gasteiger partial charge is 0.457 e. The predicted octanol–water partition coefficient (Wildman–Crippen LogP) is 4.28. The van der Waals surface area contributed by atoms with Crippen LogP contribution in [0, 0.1) is 5.92 Å². The average Bonchev–Trinajstić information content (AvgIpc) is 2.61. The van der Waals surface area contributed by atoms with Crippen molar-refractivity contribution in [2.45, 2.75) is 12.8 Å². The summed E-state index contributed by atoms with van der Waals surface area (Å²) < 4.78 is 5.72. The Kier molecular flexibility index (Phi) is 7.56. The van der Waals surface area contributed by atoms with Crippen molar-refractivity contribution < 1.29 is 9.53 Å². The molecular formula is C19H22Cl2N2O2. The first-order valence-electron chi connectivity index (χ1n) is 8.23. The molecule has 1 aliphatic heterocycles. The number of halogens is 2. The van der Waals surface area contributed by atoms with Gasteiger partial charge in [0, 0.05) is 17.1 Å². The van der Waals surface area contributed by atoms with Crippen LogP contribution in [0.4, 0.5) is 0 Å². The molecule has 1 saturated heterocycles. The van der Waals surface area contributed by atoms with Gasteiger partial charge < -0.3 is 15.4 Å². The van der Waals surface area contributed by atoms with Gasteiger partial charge in [0.15, 0.2) is 0 Å². The van der Waals surface area contributed by atoms with Crippen LogP contribution in [-0.4, -0.2) is 25.5 Å². The van der Waals surface area contributed by atoms with E-state index in [4.69, 9.17) is 16.3 Å². The molecule has 4 nitrogen and oxygen atoms in total. The fourth-order valence-electron chi connectivity index (χ4n) is 2.78. The molecule has 0 aliphatic carbocycles. The highest BCUT2D eigenvalue weighted by Gasteiger charge is 2.14. The molecule has 134 valence electrons. The lowest BCUT2D eigenvalue weighted by molar-refractivity contribution is 0.0945. The van der Waals surface area contributed by atoms with Crippen LogP contribution >= 0.6 is 24.0 Å². The number of ether oxygens (including phenoxy) is 1. The van der Waals surface area contributed by atoms with Gasteiger partial charge in [0.1, 0.15) is 11.5 Å². The Bertz CT molecular complexity index is 686. The zero-order valence-corrected chi connectivity index (χ0v) is 15.4. The van der Waals surface area contributed by atoms with Crippen molar-refractivity contribution in [1.82, 2.24) is 10.6 Å². The fraction of sp³-hybridized carbons (Fsp3) is 0.316. The van der Waals surface area contributed by atoms with Crippen LogP contribution in [0.1, 0.15) is 23.2 Å². The summed E-state index contributed by atoms with van der Waals surface area (Å²) in [4.78, 5) is 12.2. The number of hydrogen-bond acceptors (Lipinski definition) is 3. The SMILES string of the molecule is Cl.O=C(NCC1CCCNC1)c1ccc(Oc2cccc(Cl)c2)cc1. The second-order valence-corrected chi connectivity index (χ2v) is 6.44. The Hall–Kier alpha value is -1.75. The summed E-state index contributed by atoms with van der Waals surface area (Å²) >= 11 is 5.94. The fourth-order valence-corrected chi connectivity index (χ4v) is 2.96. The first-order valence-corrected chi connectivity index (χ1v) is 8.61. The zero-order valence-electron chi connectivity index (χ0n) is 13.8. The van der Waals surface area contributed by atoms with E-state index in [0.29, 0.717) is 34.5 Å². The maximum Gasteiger partial charge on any atom is 0.251 e. The lowest BCUT2D eigenvalue weighted by Crippen LogP contribution is -2.38. The Morgan fingerprint density at radius 1 is 1.20 bits per heavy atom. The van der Waals surface area contributed by atoms with E-state index < -0.39 is 0 Å². The van der Waals surface area contributed by atoms with E-state index in [9.17, 15) is 4.79 Å². The standard InChI is InChI=1S/C19H21ClN2O2.ClH/c20-16-4-1-5-18(11-16)24-17-8-6-15(7-9-17)19(23)22-13-14-3-2-10-21-12-14;/h1,4-9,11,14,21H,2-3,10,12-13H2,(H,22,23);1H. The smallest absolute Gasteiger partial charge is 0.251 e. The van der Waals surface area contributed by atoms with E-state index in [1.807, 2.05) is 12.1 Å². The van der Waals surface area contributed by atoms with Crippen LogP contribution in [0.25, 0.3) is 0 Å². The van der Waals surface area contributed by atoms with Crippen molar-refractivity contribution in [2.75, 3.05) is 19.6 Å². The molecular weight excluding hydrogens is 359 g/mol. The number of piperidine rings is 1. The molecule has 2 aromatic rings. The first-order chi connectivity index (χ1) is 11.7. The molecule has 1 amide bonds. The molecule has 0 spiro atoms. The molecule has 1 atom stereocenters. The van der Waals surface area contributed by atoms with Gasteiger partial charge in [0.05, 0.1) is 0 Å². The van der Waals surface area contributed by atoms with E-state index in [-0.39, 0.29) is 18.3 Å². The van der Waals surface area contributed by atoms with Gasteiger partial charge in [0.2, 0.25) is 0 Å². The number of hydrogen-bond donors (Lipinski definition) is 2. The van der Waals surface area contributed by atoms with Gasteiger partial charge in [-0.15, -0.1) is 12.4 Å². The molecule has 3 rings (SSSR count). The summed E-state index contributed by atoms with van der Waals surface area (Å²) in [5.74, 6) is 1.82. The van der Waals surface area contributed by atoms with E-state index in [2.05, 4.69) is 10.6 Å². The molecule has 2 N–H and O–H groups in total. The maximum absolute atomic E-state index is 12.2. The van der Waals surface area contributed by atoms with E-state index in [1.165, 1.54) is 12.8 Å². The van der Waals surface area contributed by atoms with Crippen molar-refractivity contribution in [2.24, 2.45) is 5.92 Å². The third-order valence-electron chi connectivity index (χ3n) is 4.10. The summed E-state index contributed by atoms with van der Waals surface area (Å²) in [5, 5.41) is 6.99. The highest BCUT2D eigenvalue weighted by molar-refractivity contribution is 6.30. The third-order valence-corrected chi connectivity index (χ3v) is 4.33. The molecule has 2 aromatic carbocycles. The average molecular weight is 381 g/mol. The second kappa shape index (κ2) is 9.66. The van der Waals surface area contributed by atoms with E-state index in [1.54, 1.807) is 36.4 Å². The van der Waals surface area contributed by atoms with Gasteiger partial charge in [-0.2, -0.15) is 0 Å². The minimum Gasteiger partial charge on any atom is -0.457 e. The molecule has 0 radical (unpaired) electrons. The molecule has 25 heavy (non-hydrogen) atoms. The summed E-state index contributed by atoms with van der Waals surface area (Å²) in [6.07, 6.45) is 2.34. The Labute approximate surface area is 159 Å². The van der Waals surface area contributed by atoms with Gasteiger partial charge in [-0.1, -0.05) is 17.7 Å². The van der Waals surface area contributed by atoms with Gasteiger partial charge in [-0.05, 0) is 74.3 Å². The molecule has 0 saturated carbocycles. The maximum atomic E-state index is 12.2. The Morgan fingerprint density at radius 3 is 2.68 bits per heavy atom. The van der Waals surface area contributed by atoms with Crippen LogP contribution in [0.15, 0.2) is 48.5 Å². The lowest BCUT2D eigenvalue weighted by atomic mass is 10.00. The van der Waals surface area contributed by atoms with Gasteiger partial charge in [-0.25, -0.2) is 0 Å². The minimum absolute atomic E-state index is 0. The molecule has 1 aliphatic rings. The van der Waals surface area contributed by atoms with E-state index in [0.717, 1.165) is 13.1 Å². The number of nitrogens with one attached hydrogen (secondary N) is 2. The summed E-state index contributed by atoms with van der Waals surface area (Å²) in [5.41, 5.74) is 0.636. The van der Waals surface area contributed by atoms with Crippen molar-refractivity contribution in [3.63, 3.8) is 0 Å². The summed E-state index contributed by atoms with van der Waals surface area (Å²) in [6, 6.07) is 14.3. The molecule has 1 fully saturated rings. The predicted molar refractivity (Wildman–Crippen MR) is 103 cm³/mol. The number of amides is 1. The second-order valence-electron chi connectivity index (χ2n) is 6.01. The molecule has 0 bridgehead atoms. The van der Waals surface area contributed by atoms with Crippen LogP contribution in [-0.2, 0) is 0 Å². The lowest BCUT2D eigenvalue weighted by Gasteiger charge is -2.22.